The van der Waals surface area contributed by atoms with Gasteiger partial charge in [0, 0.05) is 36.4 Å². The van der Waals surface area contributed by atoms with Crippen molar-refractivity contribution in [2.24, 2.45) is 0 Å². The highest BCUT2D eigenvalue weighted by Gasteiger charge is 2.43. The fourth-order valence-electron chi connectivity index (χ4n) is 3.29. The summed E-state index contributed by atoms with van der Waals surface area (Å²) in [5.74, 6) is 0. The van der Waals surface area contributed by atoms with Crippen LogP contribution in [-0.2, 0) is 0 Å². The average Bonchev–Trinajstić information content (AvgIpc) is 2.49. The smallest absolute Gasteiger partial charge is 0.0498 e. The Morgan fingerprint density at radius 1 is 1.13 bits per heavy atom. The normalized spacial score (nSPS) is 32.1. The van der Waals surface area contributed by atoms with Crippen molar-refractivity contribution in [2.45, 2.75) is 64.7 Å². The maximum atomic E-state index is 4.31. The van der Waals surface area contributed by atoms with Crippen molar-refractivity contribution in [1.29, 1.82) is 0 Å². The third kappa shape index (κ3) is 1.69. The lowest BCUT2D eigenvalue weighted by molar-refractivity contribution is 0.0669. The summed E-state index contributed by atoms with van der Waals surface area (Å²) in [5, 5.41) is 0. The van der Waals surface area contributed by atoms with Crippen molar-refractivity contribution >= 4 is 0 Å². The van der Waals surface area contributed by atoms with Crippen LogP contribution < -0.4 is 0 Å². The lowest BCUT2D eigenvalue weighted by atomic mass is 10.1. The number of nitrogens with zero attached hydrogens (tertiary/aromatic N) is 2. The molecule has 0 N–H and O–H groups in total. The number of fused-ring (bicyclic) bond motifs is 2. The van der Waals surface area contributed by atoms with Crippen LogP contribution in [0.25, 0.3) is 0 Å². The largest absolute Gasteiger partial charge is 0.370 e. The molecule has 0 spiro atoms. The van der Waals surface area contributed by atoms with E-state index < -0.39 is 0 Å². The molecule has 0 aliphatic carbocycles. The van der Waals surface area contributed by atoms with Gasteiger partial charge in [0.25, 0.3) is 0 Å². The summed E-state index contributed by atoms with van der Waals surface area (Å²) >= 11 is 0. The van der Waals surface area contributed by atoms with Gasteiger partial charge in [-0.2, -0.15) is 0 Å². The molecule has 2 unspecified atom stereocenters. The van der Waals surface area contributed by atoms with Crippen molar-refractivity contribution in [2.75, 3.05) is 6.54 Å². The molecule has 2 fully saturated rings. The first-order valence-electron chi connectivity index (χ1n) is 6.25. The molecule has 2 heterocycles. The van der Waals surface area contributed by atoms with E-state index >= 15 is 0 Å². The summed E-state index contributed by atoms with van der Waals surface area (Å²) in [6.07, 6.45) is 2.66. The number of piperazine rings is 1. The summed E-state index contributed by atoms with van der Waals surface area (Å²) < 4.78 is 0. The third-order valence-electron chi connectivity index (χ3n) is 3.94. The predicted octanol–water partition coefficient (Wildman–Crippen LogP) is 2.47. The van der Waals surface area contributed by atoms with Gasteiger partial charge in [0.2, 0.25) is 0 Å². The molecular formula is C13H24N2. The zero-order chi connectivity index (χ0) is 11.2. The van der Waals surface area contributed by atoms with Gasteiger partial charge < -0.3 is 4.90 Å². The zero-order valence-corrected chi connectivity index (χ0v) is 10.5. The molecule has 0 aromatic heterocycles. The van der Waals surface area contributed by atoms with E-state index in [0.29, 0.717) is 18.1 Å². The van der Waals surface area contributed by atoms with Gasteiger partial charge in [0.15, 0.2) is 0 Å². The molecule has 2 nitrogen and oxygen atoms in total. The predicted molar refractivity (Wildman–Crippen MR) is 64.8 cm³/mol. The second kappa shape index (κ2) is 3.82. The number of hydrogen-bond acceptors (Lipinski definition) is 2. The van der Waals surface area contributed by atoms with Gasteiger partial charge in [-0.05, 0) is 40.5 Å². The SMILES string of the molecule is C=C1C2CCC(CN1C(C)C)N2C(C)C. The van der Waals surface area contributed by atoms with Crippen LogP contribution in [0, 0.1) is 0 Å². The van der Waals surface area contributed by atoms with E-state index in [0.717, 1.165) is 6.04 Å². The van der Waals surface area contributed by atoms with Crippen LogP contribution in [0.4, 0.5) is 0 Å². The Morgan fingerprint density at radius 3 is 2.33 bits per heavy atom. The Bertz CT molecular complexity index is 257. The molecule has 86 valence electrons. The zero-order valence-electron chi connectivity index (χ0n) is 10.5. The monoisotopic (exact) mass is 208 g/mol. The molecule has 0 saturated carbocycles. The highest BCUT2D eigenvalue weighted by Crippen LogP contribution is 2.37. The van der Waals surface area contributed by atoms with Gasteiger partial charge in [-0.15, -0.1) is 0 Å². The molecule has 2 saturated heterocycles. The summed E-state index contributed by atoms with van der Waals surface area (Å²) in [7, 11) is 0. The standard InChI is InChI=1S/C13H24N2/c1-9(2)14-8-12-6-7-13(11(14)5)15(12)10(3)4/h9-10,12-13H,5-8H2,1-4H3. The minimum atomic E-state index is 0.606. The first-order chi connectivity index (χ1) is 7.02. The molecule has 2 aliphatic heterocycles. The third-order valence-corrected chi connectivity index (χ3v) is 3.94. The molecule has 2 rings (SSSR count). The minimum Gasteiger partial charge on any atom is -0.370 e. The van der Waals surface area contributed by atoms with Crippen LogP contribution in [0.5, 0.6) is 0 Å². The lowest BCUT2D eigenvalue weighted by Crippen LogP contribution is -2.55. The number of likely N-dealkylation sites (tertiary alicyclic amines) is 1. The van der Waals surface area contributed by atoms with Crippen LogP contribution in [0.1, 0.15) is 40.5 Å². The molecule has 2 aliphatic rings. The summed E-state index contributed by atoms with van der Waals surface area (Å²) in [5.41, 5.74) is 1.35. The van der Waals surface area contributed by atoms with Gasteiger partial charge >= 0.3 is 0 Å². The van der Waals surface area contributed by atoms with Crippen LogP contribution in [0.3, 0.4) is 0 Å². The first kappa shape index (κ1) is 11.0. The Morgan fingerprint density at radius 2 is 1.80 bits per heavy atom. The second-order valence-electron chi connectivity index (χ2n) is 5.53. The topological polar surface area (TPSA) is 6.48 Å². The minimum absolute atomic E-state index is 0.606. The number of rotatable bonds is 2. The maximum Gasteiger partial charge on any atom is 0.0498 e. The van der Waals surface area contributed by atoms with Crippen molar-refractivity contribution in [3.05, 3.63) is 12.3 Å². The Balaban J connectivity index is 2.19. The van der Waals surface area contributed by atoms with Gasteiger partial charge in [0.05, 0.1) is 0 Å². The Kier molecular flexibility index (Phi) is 2.80. The molecule has 0 radical (unpaired) electrons. The Labute approximate surface area is 93.9 Å². The first-order valence-corrected chi connectivity index (χ1v) is 6.25. The molecular weight excluding hydrogens is 184 g/mol. The fourth-order valence-corrected chi connectivity index (χ4v) is 3.29. The van der Waals surface area contributed by atoms with E-state index in [1.807, 2.05) is 0 Å². The van der Waals surface area contributed by atoms with Crippen molar-refractivity contribution < 1.29 is 0 Å². The van der Waals surface area contributed by atoms with E-state index in [1.165, 1.54) is 25.1 Å². The van der Waals surface area contributed by atoms with E-state index in [-0.39, 0.29) is 0 Å². The summed E-state index contributed by atoms with van der Waals surface area (Å²) in [6.45, 7) is 14.7. The van der Waals surface area contributed by atoms with Crippen LogP contribution in [0.2, 0.25) is 0 Å². The van der Waals surface area contributed by atoms with Crippen LogP contribution >= 0.6 is 0 Å². The van der Waals surface area contributed by atoms with E-state index in [2.05, 4.69) is 44.1 Å². The van der Waals surface area contributed by atoms with E-state index in [9.17, 15) is 0 Å². The van der Waals surface area contributed by atoms with Crippen LogP contribution in [-0.4, -0.2) is 40.5 Å². The lowest BCUT2D eigenvalue weighted by Gasteiger charge is -2.47. The Hall–Kier alpha value is -0.500. The molecule has 0 amide bonds. The van der Waals surface area contributed by atoms with Gasteiger partial charge in [-0.3, -0.25) is 4.90 Å². The highest BCUT2D eigenvalue weighted by molar-refractivity contribution is 5.16. The van der Waals surface area contributed by atoms with E-state index in [1.54, 1.807) is 0 Å². The molecule has 0 aromatic carbocycles. The summed E-state index contributed by atoms with van der Waals surface area (Å²) in [6, 6.07) is 2.65. The number of hydrogen-bond donors (Lipinski definition) is 0. The molecule has 2 bridgehead atoms. The van der Waals surface area contributed by atoms with Gasteiger partial charge in [0.1, 0.15) is 0 Å². The molecule has 2 atom stereocenters. The molecule has 0 aromatic rings. The van der Waals surface area contributed by atoms with Gasteiger partial charge in [-0.1, -0.05) is 6.58 Å². The van der Waals surface area contributed by atoms with Gasteiger partial charge in [-0.25, -0.2) is 0 Å². The molecule has 2 heteroatoms. The average molecular weight is 208 g/mol. The quantitative estimate of drug-likeness (QED) is 0.688. The van der Waals surface area contributed by atoms with Crippen molar-refractivity contribution in [1.82, 2.24) is 9.80 Å². The summed E-state index contributed by atoms with van der Waals surface area (Å²) in [4.78, 5) is 5.17. The fraction of sp³-hybridized carbons (Fsp3) is 0.846. The highest BCUT2D eigenvalue weighted by atomic mass is 15.3. The second-order valence-corrected chi connectivity index (χ2v) is 5.53. The van der Waals surface area contributed by atoms with Crippen molar-refractivity contribution in [3.63, 3.8) is 0 Å². The maximum absolute atomic E-state index is 4.31. The van der Waals surface area contributed by atoms with E-state index in [4.69, 9.17) is 0 Å². The van der Waals surface area contributed by atoms with Crippen LogP contribution in [0.15, 0.2) is 12.3 Å². The molecule has 15 heavy (non-hydrogen) atoms. The van der Waals surface area contributed by atoms with Crippen molar-refractivity contribution in [3.8, 4) is 0 Å².